The molecule has 154 valence electrons. The number of piperidine rings is 1. The van der Waals surface area contributed by atoms with Gasteiger partial charge >= 0.3 is 6.36 Å². The average Bonchev–Trinajstić information content (AvgIpc) is 2.62. The summed E-state index contributed by atoms with van der Waals surface area (Å²) in [5, 5.41) is 3.27. The van der Waals surface area contributed by atoms with Gasteiger partial charge in [-0.3, -0.25) is 0 Å². The second kappa shape index (κ2) is 9.52. The van der Waals surface area contributed by atoms with Crippen LogP contribution in [0.5, 0.6) is 11.5 Å². The van der Waals surface area contributed by atoms with Crippen LogP contribution in [0, 0.1) is 19.8 Å². The molecule has 0 radical (unpaired) electrons. The van der Waals surface area contributed by atoms with E-state index < -0.39 is 6.36 Å². The van der Waals surface area contributed by atoms with E-state index in [1.807, 2.05) is 32.0 Å². The third kappa shape index (κ3) is 6.04. The fourth-order valence-corrected chi connectivity index (χ4v) is 3.30. The maximum absolute atomic E-state index is 12.8. The second-order valence-corrected chi connectivity index (χ2v) is 7.03. The van der Waals surface area contributed by atoms with Crippen molar-refractivity contribution in [3.8, 4) is 22.6 Å². The van der Waals surface area contributed by atoms with Gasteiger partial charge in [-0.05, 0) is 74.5 Å². The van der Waals surface area contributed by atoms with E-state index in [2.05, 4.69) is 10.1 Å². The zero-order valence-electron chi connectivity index (χ0n) is 15.9. The van der Waals surface area contributed by atoms with E-state index in [1.54, 1.807) is 12.1 Å². The number of hydrogen-bond acceptors (Lipinski definition) is 3. The SMILES string of the molecule is Cc1ccc(C)c(-c2ccc(OC(F)(F)F)c(OCC3CCNCC3)c2)c1.Cl. The predicted octanol–water partition coefficient (Wildman–Crippen LogP) is 5.67. The Bertz CT molecular complexity index is 790. The highest BCUT2D eigenvalue weighted by Gasteiger charge is 2.32. The molecule has 0 saturated carbocycles. The molecule has 1 saturated heterocycles. The van der Waals surface area contributed by atoms with Crippen LogP contribution in [0.2, 0.25) is 0 Å². The minimum Gasteiger partial charge on any atom is -0.489 e. The molecular weight excluding hydrogens is 391 g/mol. The summed E-state index contributed by atoms with van der Waals surface area (Å²) in [7, 11) is 0. The smallest absolute Gasteiger partial charge is 0.489 e. The molecule has 1 aliphatic heterocycles. The number of halogens is 4. The molecular formula is C21H25ClF3NO2. The number of nitrogens with one attached hydrogen (secondary N) is 1. The average molecular weight is 416 g/mol. The highest BCUT2D eigenvalue weighted by Crippen LogP contribution is 2.37. The lowest BCUT2D eigenvalue weighted by Crippen LogP contribution is -2.30. The molecule has 0 amide bonds. The van der Waals surface area contributed by atoms with E-state index in [0.717, 1.165) is 48.2 Å². The lowest BCUT2D eigenvalue weighted by Gasteiger charge is -2.23. The Hall–Kier alpha value is -1.92. The van der Waals surface area contributed by atoms with Crippen molar-refractivity contribution in [1.82, 2.24) is 5.32 Å². The largest absolute Gasteiger partial charge is 0.573 e. The summed E-state index contributed by atoms with van der Waals surface area (Å²) in [5.74, 6) is 0.157. The van der Waals surface area contributed by atoms with Crippen molar-refractivity contribution in [2.75, 3.05) is 19.7 Å². The predicted molar refractivity (Wildman–Crippen MR) is 106 cm³/mol. The van der Waals surface area contributed by atoms with Crippen LogP contribution in [-0.4, -0.2) is 26.1 Å². The molecule has 1 N–H and O–H groups in total. The Labute approximate surface area is 169 Å². The number of benzene rings is 2. The molecule has 1 fully saturated rings. The lowest BCUT2D eigenvalue weighted by atomic mass is 9.98. The lowest BCUT2D eigenvalue weighted by molar-refractivity contribution is -0.275. The van der Waals surface area contributed by atoms with Crippen molar-refractivity contribution in [2.24, 2.45) is 5.92 Å². The quantitative estimate of drug-likeness (QED) is 0.682. The van der Waals surface area contributed by atoms with Crippen molar-refractivity contribution < 1.29 is 22.6 Å². The summed E-state index contributed by atoms with van der Waals surface area (Å²) < 4.78 is 48.3. The van der Waals surface area contributed by atoms with Gasteiger partial charge in [-0.25, -0.2) is 0 Å². The van der Waals surface area contributed by atoms with Gasteiger partial charge < -0.3 is 14.8 Å². The molecule has 3 nitrogen and oxygen atoms in total. The first kappa shape index (κ1) is 22.4. The molecule has 0 aromatic heterocycles. The first-order chi connectivity index (χ1) is 12.8. The topological polar surface area (TPSA) is 30.5 Å². The van der Waals surface area contributed by atoms with Crippen molar-refractivity contribution in [1.29, 1.82) is 0 Å². The van der Waals surface area contributed by atoms with Gasteiger partial charge in [-0.1, -0.05) is 29.8 Å². The number of aryl methyl sites for hydroxylation is 2. The van der Waals surface area contributed by atoms with Gasteiger partial charge in [0.25, 0.3) is 0 Å². The normalized spacial score (nSPS) is 15.0. The third-order valence-electron chi connectivity index (χ3n) is 4.81. The first-order valence-corrected chi connectivity index (χ1v) is 9.13. The van der Waals surface area contributed by atoms with Crippen LogP contribution in [-0.2, 0) is 0 Å². The number of alkyl halides is 3. The maximum atomic E-state index is 12.8. The van der Waals surface area contributed by atoms with Crippen LogP contribution in [0.3, 0.4) is 0 Å². The third-order valence-corrected chi connectivity index (χ3v) is 4.81. The molecule has 2 aromatic carbocycles. The van der Waals surface area contributed by atoms with Gasteiger partial charge in [-0.2, -0.15) is 0 Å². The van der Waals surface area contributed by atoms with Crippen LogP contribution in [0.1, 0.15) is 24.0 Å². The van der Waals surface area contributed by atoms with E-state index >= 15 is 0 Å². The highest BCUT2D eigenvalue weighted by molar-refractivity contribution is 5.85. The van der Waals surface area contributed by atoms with E-state index in [1.165, 1.54) is 6.07 Å². The number of ether oxygens (including phenoxy) is 2. The monoisotopic (exact) mass is 415 g/mol. The van der Waals surface area contributed by atoms with Crippen LogP contribution in [0.4, 0.5) is 13.2 Å². The van der Waals surface area contributed by atoms with Gasteiger partial charge in [0, 0.05) is 0 Å². The molecule has 28 heavy (non-hydrogen) atoms. The molecule has 2 aromatic rings. The Morgan fingerprint density at radius 2 is 1.71 bits per heavy atom. The molecule has 0 atom stereocenters. The molecule has 7 heteroatoms. The summed E-state index contributed by atoms with van der Waals surface area (Å²) in [6, 6.07) is 10.6. The number of hydrogen-bond donors (Lipinski definition) is 1. The van der Waals surface area contributed by atoms with Crippen molar-refractivity contribution in [3.05, 3.63) is 47.5 Å². The molecule has 0 bridgehead atoms. The Balaban J connectivity index is 0.00000280. The Morgan fingerprint density at radius 3 is 2.39 bits per heavy atom. The minimum atomic E-state index is -4.76. The summed E-state index contributed by atoms with van der Waals surface area (Å²) in [6.07, 6.45) is -2.86. The summed E-state index contributed by atoms with van der Waals surface area (Å²) >= 11 is 0. The van der Waals surface area contributed by atoms with Crippen LogP contribution < -0.4 is 14.8 Å². The molecule has 0 unspecified atom stereocenters. The Morgan fingerprint density at radius 1 is 1.00 bits per heavy atom. The molecule has 0 spiro atoms. The van der Waals surface area contributed by atoms with Crippen LogP contribution >= 0.6 is 12.4 Å². The maximum Gasteiger partial charge on any atom is 0.573 e. The van der Waals surface area contributed by atoms with Gasteiger partial charge in [0.05, 0.1) is 6.61 Å². The molecule has 3 rings (SSSR count). The van der Waals surface area contributed by atoms with E-state index in [0.29, 0.717) is 12.5 Å². The standard InChI is InChI=1S/C21H24F3NO2.ClH/c1-14-3-4-15(2)18(11-14)17-5-6-19(27-21(22,23)24)20(12-17)26-13-16-7-9-25-10-8-16;/h3-6,11-12,16,25H,7-10,13H2,1-2H3;1H. The number of rotatable bonds is 5. The van der Waals surface area contributed by atoms with Gasteiger partial charge in [0.1, 0.15) is 0 Å². The molecule has 1 heterocycles. The summed E-state index contributed by atoms with van der Waals surface area (Å²) in [4.78, 5) is 0. The van der Waals surface area contributed by atoms with Crippen molar-refractivity contribution >= 4 is 12.4 Å². The zero-order valence-corrected chi connectivity index (χ0v) is 16.8. The fourth-order valence-electron chi connectivity index (χ4n) is 3.30. The second-order valence-electron chi connectivity index (χ2n) is 7.03. The van der Waals surface area contributed by atoms with E-state index in [4.69, 9.17) is 4.74 Å². The first-order valence-electron chi connectivity index (χ1n) is 9.13. The zero-order chi connectivity index (χ0) is 19.4. The van der Waals surface area contributed by atoms with Gasteiger partial charge in [0.15, 0.2) is 11.5 Å². The van der Waals surface area contributed by atoms with Crippen LogP contribution in [0.15, 0.2) is 36.4 Å². The van der Waals surface area contributed by atoms with Crippen molar-refractivity contribution in [2.45, 2.75) is 33.1 Å². The highest BCUT2D eigenvalue weighted by atomic mass is 35.5. The summed E-state index contributed by atoms with van der Waals surface area (Å²) in [6.45, 7) is 6.15. The minimum absolute atomic E-state index is 0. The van der Waals surface area contributed by atoms with Crippen molar-refractivity contribution in [3.63, 3.8) is 0 Å². The van der Waals surface area contributed by atoms with E-state index in [9.17, 15) is 13.2 Å². The van der Waals surface area contributed by atoms with E-state index in [-0.39, 0.29) is 23.9 Å². The van der Waals surface area contributed by atoms with Crippen LogP contribution in [0.25, 0.3) is 11.1 Å². The molecule has 1 aliphatic rings. The Kier molecular flexibility index (Phi) is 7.61. The van der Waals surface area contributed by atoms with Gasteiger partial charge in [0.2, 0.25) is 0 Å². The molecule has 0 aliphatic carbocycles. The summed E-state index contributed by atoms with van der Waals surface area (Å²) in [5.41, 5.74) is 3.92. The van der Waals surface area contributed by atoms with Gasteiger partial charge in [-0.15, -0.1) is 25.6 Å². The fraction of sp³-hybridized carbons (Fsp3) is 0.429.